The molecule has 19 heavy (non-hydrogen) atoms. The molecule has 1 aliphatic carbocycles. The highest BCUT2D eigenvalue weighted by molar-refractivity contribution is 6.33. The molecule has 0 radical (unpaired) electrons. The maximum atomic E-state index is 12.4. The van der Waals surface area contributed by atoms with Gasteiger partial charge in [0.05, 0.1) is 17.2 Å². The lowest BCUT2D eigenvalue weighted by Gasteiger charge is -2.37. The van der Waals surface area contributed by atoms with E-state index in [0.29, 0.717) is 22.9 Å². The first kappa shape index (κ1) is 14.0. The molecule has 1 fully saturated rings. The van der Waals surface area contributed by atoms with Crippen LogP contribution < -0.4 is 11.3 Å². The van der Waals surface area contributed by atoms with Gasteiger partial charge in [0.25, 0.3) is 5.91 Å². The standard InChI is InChI=1S/C12H17ClN4O2/c13-10-6-8(7-15-11(10)16-14)12(19)17(4-5-18)9-2-1-3-9/h6-7,9,18H,1-5,14H2,(H,15,16). The van der Waals surface area contributed by atoms with Crippen LogP contribution >= 0.6 is 11.6 Å². The fourth-order valence-corrected chi connectivity index (χ4v) is 2.30. The molecule has 1 saturated carbocycles. The van der Waals surface area contributed by atoms with Crippen molar-refractivity contribution < 1.29 is 9.90 Å². The van der Waals surface area contributed by atoms with Crippen LogP contribution in [0.25, 0.3) is 0 Å². The number of pyridine rings is 1. The van der Waals surface area contributed by atoms with Crippen molar-refractivity contribution in [1.29, 1.82) is 0 Å². The van der Waals surface area contributed by atoms with Crippen molar-refractivity contribution in [3.05, 3.63) is 22.8 Å². The summed E-state index contributed by atoms with van der Waals surface area (Å²) in [6, 6.07) is 1.75. The smallest absolute Gasteiger partial charge is 0.255 e. The summed E-state index contributed by atoms with van der Waals surface area (Å²) in [4.78, 5) is 18.1. The lowest BCUT2D eigenvalue weighted by Crippen LogP contribution is -2.45. The Morgan fingerprint density at radius 2 is 2.37 bits per heavy atom. The second-order valence-electron chi connectivity index (χ2n) is 4.51. The van der Waals surface area contributed by atoms with E-state index in [2.05, 4.69) is 10.4 Å². The molecule has 104 valence electrons. The highest BCUT2D eigenvalue weighted by Gasteiger charge is 2.29. The third kappa shape index (κ3) is 2.97. The van der Waals surface area contributed by atoms with E-state index in [0.717, 1.165) is 19.3 Å². The first-order valence-electron chi connectivity index (χ1n) is 6.21. The number of amides is 1. The Hall–Kier alpha value is -1.37. The van der Waals surface area contributed by atoms with Crippen LogP contribution in [0.1, 0.15) is 29.6 Å². The van der Waals surface area contributed by atoms with E-state index in [1.54, 1.807) is 4.90 Å². The van der Waals surface area contributed by atoms with Crippen LogP contribution in [0.4, 0.5) is 5.82 Å². The molecule has 1 aliphatic rings. The topological polar surface area (TPSA) is 91.5 Å². The number of nitrogens with zero attached hydrogens (tertiary/aromatic N) is 2. The molecular weight excluding hydrogens is 268 g/mol. The summed E-state index contributed by atoms with van der Waals surface area (Å²) >= 11 is 5.96. The monoisotopic (exact) mass is 284 g/mol. The normalized spacial score (nSPS) is 14.9. The highest BCUT2D eigenvalue weighted by atomic mass is 35.5. The summed E-state index contributed by atoms with van der Waals surface area (Å²) in [5, 5.41) is 9.37. The van der Waals surface area contributed by atoms with Crippen molar-refractivity contribution in [3.8, 4) is 0 Å². The minimum atomic E-state index is -0.156. The summed E-state index contributed by atoms with van der Waals surface area (Å²) in [5.74, 6) is 5.41. The number of carbonyl (C=O) groups is 1. The second kappa shape index (κ2) is 6.18. The van der Waals surface area contributed by atoms with Crippen LogP contribution in [0, 0.1) is 0 Å². The molecule has 4 N–H and O–H groups in total. The largest absolute Gasteiger partial charge is 0.395 e. The van der Waals surface area contributed by atoms with Crippen molar-refractivity contribution >= 4 is 23.3 Å². The fraction of sp³-hybridized carbons (Fsp3) is 0.500. The van der Waals surface area contributed by atoms with E-state index >= 15 is 0 Å². The number of aromatic nitrogens is 1. The van der Waals surface area contributed by atoms with Crippen molar-refractivity contribution in [1.82, 2.24) is 9.88 Å². The number of hydrogen-bond acceptors (Lipinski definition) is 5. The molecule has 2 rings (SSSR count). The fourth-order valence-electron chi connectivity index (χ4n) is 2.08. The van der Waals surface area contributed by atoms with Crippen LogP contribution in [0.15, 0.2) is 12.3 Å². The lowest BCUT2D eigenvalue weighted by atomic mass is 9.91. The van der Waals surface area contributed by atoms with Gasteiger partial charge in [-0.25, -0.2) is 10.8 Å². The Morgan fingerprint density at radius 1 is 1.63 bits per heavy atom. The summed E-state index contributed by atoms with van der Waals surface area (Å²) in [6.07, 6.45) is 4.52. The van der Waals surface area contributed by atoms with E-state index in [-0.39, 0.29) is 18.6 Å². The predicted octanol–water partition coefficient (Wildman–Crippen LogP) is 1.01. The molecule has 0 bridgehead atoms. The third-order valence-electron chi connectivity index (χ3n) is 3.34. The Kier molecular flexibility index (Phi) is 4.57. The molecule has 0 saturated heterocycles. The summed E-state index contributed by atoms with van der Waals surface area (Å²) in [6.45, 7) is 0.282. The third-order valence-corrected chi connectivity index (χ3v) is 3.63. The number of anilines is 1. The number of halogens is 1. The maximum absolute atomic E-state index is 12.4. The summed E-state index contributed by atoms with van der Waals surface area (Å²) in [7, 11) is 0. The van der Waals surface area contributed by atoms with Gasteiger partial charge in [0.2, 0.25) is 0 Å². The SMILES string of the molecule is NNc1ncc(C(=O)N(CCO)C2CCC2)cc1Cl. The molecule has 0 aromatic carbocycles. The molecule has 0 aliphatic heterocycles. The van der Waals surface area contributed by atoms with Gasteiger partial charge in [0.1, 0.15) is 0 Å². The Balaban J connectivity index is 2.18. The van der Waals surface area contributed by atoms with Crippen molar-refractivity contribution in [2.24, 2.45) is 5.84 Å². The summed E-state index contributed by atoms with van der Waals surface area (Å²) in [5.41, 5.74) is 2.76. The Morgan fingerprint density at radius 3 is 2.84 bits per heavy atom. The van der Waals surface area contributed by atoms with Crippen LogP contribution in [0.2, 0.25) is 5.02 Å². The zero-order valence-corrected chi connectivity index (χ0v) is 11.2. The zero-order valence-electron chi connectivity index (χ0n) is 10.5. The van der Waals surface area contributed by atoms with Gasteiger partial charge in [-0.1, -0.05) is 11.6 Å². The average molecular weight is 285 g/mol. The van der Waals surface area contributed by atoms with Crippen LogP contribution in [0.5, 0.6) is 0 Å². The van der Waals surface area contributed by atoms with E-state index in [9.17, 15) is 4.79 Å². The van der Waals surface area contributed by atoms with Crippen LogP contribution in [-0.4, -0.2) is 40.1 Å². The number of aliphatic hydroxyl groups is 1. The number of rotatable bonds is 5. The molecule has 1 aromatic rings. The average Bonchev–Trinajstić information content (AvgIpc) is 2.35. The predicted molar refractivity (Wildman–Crippen MR) is 72.8 cm³/mol. The van der Waals surface area contributed by atoms with E-state index in [1.165, 1.54) is 12.3 Å². The van der Waals surface area contributed by atoms with Crippen LogP contribution in [-0.2, 0) is 0 Å². The lowest BCUT2D eigenvalue weighted by molar-refractivity contribution is 0.0525. The highest BCUT2D eigenvalue weighted by Crippen LogP contribution is 2.27. The molecule has 1 aromatic heterocycles. The number of nitrogens with one attached hydrogen (secondary N) is 1. The van der Waals surface area contributed by atoms with Crippen LogP contribution in [0.3, 0.4) is 0 Å². The van der Waals surface area contributed by atoms with Gasteiger partial charge in [-0.05, 0) is 25.3 Å². The molecular formula is C12H17ClN4O2. The maximum Gasteiger partial charge on any atom is 0.255 e. The first-order valence-corrected chi connectivity index (χ1v) is 6.59. The first-order chi connectivity index (χ1) is 9.17. The van der Waals surface area contributed by atoms with Crippen molar-refractivity contribution in [2.75, 3.05) is 18.6 Å². The van der Waals surface area contributed by atoms with E-state index in [1.807, 2.05) is 0 Å². The molecule has 1 amide bonds. The minimum absolute atomic E-state index is 0.0498. The zero-order chi connectivity index (χ0) is 13.8. The summed E-state index contributed by atoms with van der Waals surface area (Å²) < 4.78 is 0. The second-order valence-corrected chi connectivity index (χ2v) is 4.91. The van der Waals surface area contributed by atoms with Crippen molar-refractivity contribution in [2.45, 2.75) is 25.3 Å². The molecule has 0 atom stereocenters. The van der Waals surface area contributed by atoms with Gasteiger partial charge in [-0.2, -0.15) is 0 Å². The number of hydrazine groups is 1. The number of aliphatic hydroxyl groups excluding tert-OH is 1. The molecule has 0 unspecified atom stereocenters. The van der Waals surface area contributed by atoms with E-state index in [4.69, 9.17) is 22.6 Å². The minimum Gasteiger partial charge on any atom is -0.395 e. The number of nitrogens with two attached hydrogens (primary N) is 1. The molecule has 0 spiro atoms. The number of hydrogen-bond donors (Lipinski definition) is 3. The number of carbonyl (C=O) groups excluding carboxylic acids is 1. The Labute approximate surface area is 116 Å². The quantitative estimate of drug-likeness (QED) is 0.554. The van der Waals surface area contributed by atoms with Gasteiger partial charge in [-0.15, -0.1) is 0 Å². The number of nitrogen functional groups attached to an aromatic ring is 1. The molecule has 7 heteroatoms. The Bertz CT molecular complexity index is 465. The van der Waals surface area contributed by atoms with Crippen molar-refractivity contribution in [3.63, 3.8) is 0 Å². The van der Waals surface area contributed by atoms with Gasteiger partial charge >= 0.3 is 0 Å². The van der Waals surface area contributed by atoms with E-state index < -0.39 is 0 Å². The van der Waals surface area contributed by atoms with Gasteiger partial charge < -0.3 is 15.4 Å². The van der Waals surface area contributed by atoms with Gasteiger partial charge in [0.15, 0.2) is 5.82 Å². The molecule has 1 heterocycles. The molecule has 6 nitrogen and oxygen atoms in total. The van der Waals surface area contributed by atoms with Gasteiger partial charge in [0, 0.05) is 18.8 Å². The van der Waals surface area contributed by atoms with Gasteiger partial charge in [-0.3, -0.25) is 4.79 Å².